The minimum absolute atomic E-state index is 0.104. The number of hydrogen-bond donors (Lipinski definition) is 2. The summed E-state index contributed by atoms with van der Waals surface area (Å²) in [6.07, 6.45) is 1.14. The maximum absolute atomic E-state index is 12.6. The lowest BCUT2D eigenvalue weighted by atomic mass is 10.1. The van der Waals surface area contributed by atoms with E-state index in [1.807, 2.05) is 0 Å². The van der Waals surface area contributed by atoms with Crippen molar-refractivity contribution in [2.45, 2.75) is 10.6 Å². The number of carbonyl (C=O) groups is 1. The number of sulfone groups is 1. The Morgan fingerprint density at radius 3 is 1.93 bits per heavy atom. The maximum Gasteiger partial charge on any atom is 0.261 e. The predicted octanol–water partition coefficient (Wildman–Crippen LogP) is 3.28. The largest absolute Gasteiger partial charge is 0.320 e. The second kappa shape index (κ2) is 8.68. The molecule has 0 saturated carbocycles. The molecule has 0 aromatic heterocycles. The van der Waals surface area contributed by atoms with E-state index in [2.05, 4.69) is 10.0 Å². The van der Waals surface area contributed by atoms with Crippen molar-refractivity contribution in [3.05, 3.63) is 90.0 Å². The van der Waals surface area contributed by atoms with Crippen molar-refractivity contribution < 1.29 is 21.6 Å². The Labute approximate surface area is 175 Å². The van der Waals surface area contributed by atoms with Gasteiger partial charge in [0, 0.05) is 11.8 Å². The van der Waals surface area contributed by atoms with E-state index >= 15 is 0 Å². The Morgan fingerprint density at radius 1 is 0.767 bits per heavy atom. The Bertz CT molecular complexity index is 1250. The van der Waals surface area contributed by atoms with Crippen LogP contribution in [0.3, 0.4) is 0 Å². The van der Waals surface area contributed by atoms with Gasteiger partial charge in [0.25, 0.3) is 15.9 Å². The van der Waals surface area contributed by atoms with Crippen LogP contribution in [0.5, 0.6) is 0 Å². The molecule has 3 rings (SSSR count). The summed E-state index contributed by atoms with van der Waals surface area (Å²) in [7, 11) is -6.99. The van der Waals surface area contributed by atoms with Crippen molar-refractivity contribution in [3.63, 3.8) is 0 Å². The third-order valence-electron chi connectivity index (χ3n) is 4.12. The monoisotopic (exact) mass is 444 g/mol. The zero-order valence-electron chi connectivity index (χ0n) is 16.1. The van der Waals surface area contributed by atoms with E-state index in [0.29, 0.717) is 16.8 Å². The van der Waals surface area contributed by atoms with Gasteiger partial charge >= 0.3 is 0 Å². The number of nitrogens with one attached hydrogen (secondary N) is 2. The van der Waals surface area contributed by atoms with Crippen LogP contribution in [-0.4, -0.2) is 29.0 Å². The van der Waals surface area contributed by atoms with Gasteiger partial charge in [-0.05, 0) is 42.0 Å². The molecule has 0 bridgehead atoms. The van der Waals surface area contributed by atoms with Crippen molar-refractivity contribution in [2.24, 2.45) is 0 Å². The van der Waals surface area contributed by atoms with Gasteiger partial charge in [-0.1, -0.05) is 42.5 Å². The summed E-state index contributed by atoms with van der Waals surface area (Å²) < 4.78 is 50.4. The quantitative estimate of drug-likeness (QED) is 0.581. The Kier molecular flexibility index (Phi) is 6.23. The fraction of sp³-hybridized carbons (Fsp3) is 0.0952. The van der Waals surface area contributed by atoms with Gasteiger partial charge in [0.2, 0.25) is 0 Å². The van der Waals surface area contributed by atoms with Gasteiger partial charge in [0.15, 0.2) is 9.84 Å². The molecule has 0 radical (unpaired) electrons. The molecule has 2 N–H and O–H groups in total. The SMILES string of the molecule is CS(=O)(=O)Cc1ccc(C(=O)Nc2ccccc2NS(=O)(=O)c2ccccc2)cc1. The van der Waals surface area contributed by atoms with Crippen LogP contribution in [-0.2, 0) is 25.6 Å². The van der Waals surface area contributed by atoms with Gasteiger partial charge in [-0.2, -0.15) is 0 Å². The van der Waals surface area contributed by atoms with Crippen molar-refractivity contribution >= 4 is 37.1 Å². The average Bonchev–Trinajstić information content (AvgIpc) is 2.69. The van der Waals surface area contributed by atoms with Crippen LogP contribution in [0.1, 0.15) is 15.9 Å². The zero-order valence-corrected chi connectivity index (χ0v) is 17.7. The smallest absolute Gasteiger partial charge is 0.261 e. The second-order valence-corrected chi connectivity index (χ2v) is 10.5. The number of hydrogen-bond acceptors (Lipinski definition) is 5. The lowest BCUT2D eigenvalue weighted by Gasteiger charge is -2.13. The van der Waals surface area contributed by atoms with E-state index in [0.717, 1.165) is 6.26 Å². The van der Waals surface area contributed by atoms with Crippen molar-refractivity contribution in [1.82, 2.24) is 0 Å². The highest BCUT2D eigenvalue weighted by molar-refractivity contribution is 7.92. The molecule has 0 aliphatic heterocycles. The fourth-order valence-electron chi connectivity index (χ4n) is 2.73. The molecule has 0 spiro atoms. The van der Waals surface area contributed by atoms with Crippen LogP contribution in [0.25, 0.3) is 0 Å². The van der Waals surface area contributed by atoms with E-state index in [4.69, 9.17) is 0 Å². The molecule has 7 nitrogen and oxygen atoms in total. The van der Waals surface area contributed by atoms with Crippen molar-refractivity contribution in [2.75, 3.05) is 16.3 Å². The van der Waals surface area contributed by atoms with Gasteiger partial charge in [-0.25, -0.2) is 16.8 Å². The molecule has 0 heterocycles. The molecule has 156 valence electrons. The number of carbonyl (C=O) groups excluding carboxylic acids is 1. The van der Waals surface area contributed by atoms with Gasteiger partial charge in [0.1, 0.15) is 0 Å². The van der Waals surface area contributed by atoms with Crippen LogP contribution in [0.2, 0.25) is 0 Å². The number of anilines is 2. The summed E-state index contributed by atoms with van der Waals surface area (Å²) in [6, 6.07) is 20.5. The van der Waals surface area contributed by atoms with Crippen molar-refractivity contribution in [1.29, 1.82) is 0 Å². The summed E-state index contributed by atoms with van der Waals surface area (Å²) in [5, 5.41) is 2.68. The number of sulfonamides is 1. The lowest BCUT2D eigenvalue weighted by Crippen LogP contribution is -2.17. The highest BCUT2D eigenvalue weighted by atomic mass is 32.2. The summed E-state index contributed by atoms with van der Waals surface area (Å²) in [5.41, 5.74) is 1.41. The van der Waals surface area contributed by atoms with E-state index in [9.17, 15) is 21.6 Å². The Morgan fingerprint density at radius 2 is 1.33 bits per heavy atom. The van der Waals surface area contributed by atoms with Crippen LogP contribution in [0, 0.1) is 0 Å². The summed E-state index contributed by atoms with van der Waals surface area (Å²) >= 11 is 0. The highest BCUT2D eigenvalue weighted by Crippen LogP contribution is 2.25. The zero-order chi connectivity index (χ0) is 21.8. The van der Waals surface area contributed by atoms with Gasteiger partial charge < -0.3 is 5.32 Å². The third kappa shape index (κ3) is 5.68. The second-order valence-electron chi connectivity index (χ2n) is 6.69. The standard InChI is InChI=1S/C21H20N2O5S2/c1-29(25,26)15-16-11-13-17(14-12-16)21(24)22-19-9-5-6-10-20(19)23-30(27,28)18-7-3-2-4-8-18/h2-14,23H,15H2,1H3,(H,22,24). The molecular formula is C21H20N2O5S2. The minimum atomic E-state index is -3.82. The van der Waals surface area contributed by atoms with E-state index in [-0.39, 0.29) is 16.3 Å². The molecule has 0 fully saturated rings. The normalized spacial score (nSPS) is 11.6. The first-order valence-electron chi connectivity index (χ1n) is 8.89. The molecule has 3 aromatic carbocycles. The minimum Gasteiger partial charge on any atom is -0.320 e. The summed E-state index contributed by atoms with van der Waals surface area (Å²) in [4.78, 5) is 12.7. The molecule has 1 amide bonds. The number of rotatable bonds is 7. The lowest BCUT2D eigenvalue weighted by molar-refractivity contribution is 0.102. The Hall–Kier alpha value is -3.17. The van der Waals surface area contributed by atoms with Crippen molar-refractivity contribution in [3.8, 4) is 0 Å². The molecule has 0 aliphatic rings. The van der Waals surface area contributed by atoms with Crippen LogP contribution in [0.4, 0.5) is 11.4 Å². The molecule has 0 aliphatic carbocycles. The van der Waals surface area contributed by atoms with Crippen LogP contribution in [0.15, 0.2) is 83.8 Å². The average molecular weight is 445 g/mol. The van der Waals surface area contributed by atoms with Gasteiger partial charge in [0.05, 0.1) is 22.0 Å². The topological polar surface area (TPSA) is 109 Å². The highest BCUT2D eigenvalue weighted by Gasteiger charge is 2.17. The molecule has 0 saturated heterocycles. The van der Waals surface area contributed by atoms with Crippen LogP contribution < -0.4 is 10.0 Å². The van der Waals surface area contributed by atoms with Gasteiger partial charge in [-0.3, -0.25) is 9.52 Å². The third-order valence-corrected chi connectivity index (χ3v) is 6.36. The molecule has 3 aromatic rings. The Balaban J connectivity index is 1.79. The first-order chi connectivity index (χ1) is 14.1. The number of benzene rings is 3. The van der Waals surface area contributed by atoms with Crippen LogP contribution >= 0.6 is 0 Å². The first-order valence-corrected chi connectivity index (χ1v) is 12.4. The first kappa shape index (κ1) is 21.5. The molecule has 0 unspecified atom stereocenters. The predicted molar refractivity (Wildman–Crippen MR) is 117 cm³/mol. The maximum atomic E-state index is 12.6. The van der Waals surface area contributed by atoms with E-state index < -0.39 is 25.8 Å². The fourth-order valence-corrected chi connectivity index (χ4v) is 4.63. The summed E-state index contributed by atoms with van der Waals surface area (Å²) in [5.74, 6) is -0.564. The number of amides is 1. The van der Waals surface area contributed by atoms with E-state index in [1.54, 1.807) is 54.6 Å². The summed E-state index contributed by atoms with van der Waals surface area (Å²) in [6.45, 7) is 0. The molecule has 9 heteroatoms. The molecule has 30 heavy (non-hydrogen) atoms. The van der Waals surface area contributed by atoms with Gasteiger partial charge in [-0.15, -0.1) is 0 Å². The molecular weight excluding hydrogens is 424 g/mol. The molecule has 0 atom stereocenters. The number of para-hydroxylation sites is 2. The van der Waals surface area contributed by atoms with E-state index in [1.165, 1.54) is 24.3 Å².